The van der Waals surface area contributed by atoms with Gasteiger partial charge in [0.1, 0.15) is 5.75 Å². The Morgan fingerprint density at radius 3 is 2.60 bits per heavy atom. The monoisotopic (exact) mass is 538 g/mol. The molecule has 1 aliphatic carbocycles. The fourth-order valence-electron chi connectivity index (χ4n) is 4.34. The van der Waals surface area contributed by atoms with E-state index < -0.39 is 6.61 Å². The van der Waals surface area contributed by atoms with Gasteiger partial charge in [0.25, 0.3) is 0 Å². The summed E-state index contributed by atoms with van der Waals surface area (Å²) < 4.78 is 34.8. The molecule has 1 aromatic rings. The van der Waals surface area contributed by atoms with Crippen molar-refractivity contribution in [1.82, 2.24) is 15.5 Å². The summed E-state index contributed by atoms with van der Waals surface area (Å²) in [5.41, 5.74) is 0.997. The third-order valence-electron chi connectivity index (χ3n) is 5.86. The lowest BCUT2D eigenvalue weighted by Crippen LogP contribution is -2.60. The van der Waals surface area contributed by atoms with Crippen molar-refractivity contribution in [3.05, 3.63) is 29.8 Å². The molecule has 1 saturated heterocycles. The summed E-state index contributed by atoms with van der Waals surface area (Å²) in [6, 6.07) is 6.72. The number of rotatable bonds is 7. The Hall–Kier alpha value is -1.20. The predicted molar refractivity (Wildman–Crippen MR) is 125 cm³/mol. The second-order valence-corrected chi connectivity index (χ2v) is 7.69. The van der Waals surface area contributed by atoms with Crippen LogP contribution in [0.25, 0.3) is 0 Å². The average molecular weight is 538 g/mol. The Morgan fingerprint density at radius 1 is 1.20 bits per heavy atom. The third kappa shape index (κ3) is 7.19. The molecule has 1 aromatic carbocycles. The molecule has 0 amide bonds. The van der Waals surface area contributed by atoms with Crippen molar-refractivity contribution in [2.24, 2.45) is 4.99 Å². The van der Waals surface area contributed by atoms with Crippen LogP contribution in [0.3, 0.4) is 0 Å². The van der Waals surface area contributed by atoms with E-state index in [0.29, 0.717) is 12.5 Å². The summed E-state index contributed by atoms with van der Waals surface area (Å²) in [6.45, 7) is 2.04. The lowest BCUT2D eigenvalue weighted by atomic mass is 9.80. The van der Waals surface area contributed by atoms with Gasteiger partial charge >= 0.3 is 6.61 Å². The highest BCUT2D eigenvalue weighted by Gasteiger charge is 2.38. The Kier molecular flexibility index (Phi) is 10.5. The summed E-state index contributed by atoms with van der Waals surface area (Å²) in [6.07, 6.45) is 6.17. The highest BCUT2D eigenvalue weighted by atomic mass is 127. The molecule has 2 fully saturated rings. The Balaban J connectivity index is 0.00000320. The van der Waals surface area contributed by atoms with Gasteiger partial charge in [-0.05, 0) is 30.5 Å². The zero-order valence-electron chi connectivity index (χ0n) is 17.5. The fraction of sp³-hybridized carbons (Fsp3) is 0.667. The summed E-state index contributed by atoms with van der Waals surface area (Å²) in [5.74, 6) is 0.874. The first-order valence-electron chi connectivity index (χ1n) is 10.4. The minimum absolute atomic E-state index is 0. The van der Waals surface area contributed by atoms with Crippen LogP contribution in [0.5, 0.6) is 5.75 Å². The molecule has 0 atom stereocenters. The molecule has 170 valence electrons. The predicted octanol–water partition coefficient (Wildman–Crippen LogP) is 3.61. The smallest absolute Gasteiger partial charge is 0.387 e. The lowest BCUT2D eigenvalue weighted by Gasteiger charge is -2.48. The molecule has 3 rings (SSSR count). The van der Waals surface area contributed by atoms with E-state index >= 15 is 0 Å². The molecule has 30 heavy (non-hydrogen) atoms. The highest BCUT2D eigenvalue weighted by molar-refractivity contribution is 14.0. The first kappa shape index (κ1) is 25.1. The van der Waals surface area contributed by atoms with Crippen LogP contribution in [0.1, 0.15) is 37.7 Å². The Labute approximate surface area is 194 Å². The number of alkyl halides is 2. The second kappa shape index (κ2) is 12.6. The van der Waals surface area contributed by atoms with E-state index in [1.807, 2.05) is 6.07 Å². The number of hydrogen-bond acceptors (Lipinski definition) is 4. The number of nitrogens with zero attached hydrogens (tertiary/aromatic N) is 2. The van der Waals surface area contributed by atoms with Gasteiger partial charge in [0.2, 0.25) is 0 Å². The molecule has 0 aromatic heterocycles. The average Bonchev–Trinajstić information content (AvgIpc) is 2.75. The molecule has 1 saturated carbocycles. The molecule has 0 spiro atoms. The standard InChI is InChI=1S/C21H32F2N4O2.HI/c1-24-20(25-15-17-6-5-7-18(14-17)29-19(22)23)26-16-21(8-3-2-4-9-21)27-10-12-28-13-11-27;/h5-7,14,19H,2-4,8-13,15-16H2,1H3,(H2,24,25,26);1H. The minimum atomic E-state index is -2.82. The number of guanidine groups is 1. The number of ether oxygens (including phenoxy) is 2. The molecule has 0 unspecified atom stereocenters. The van der Waals surface area contributed by atoms with E-state index in [9.17, 15) is 8.78 Å². The van der Waals surface area contributed by atoms with E-state index in [1.165, 1.54) is 38.2 Å². The largest absolute Gasteiger partial charge is 0.435 e. The van der Waals surface area contributed by atoms with E-state index in [4.69, 9.17) is 4.74 Å². The summed E-state index contributed by atoms with van der Waals surface area (Å²) >= 11 is 0. The van der Waals surface area contributed by atoms with Gasteiger partial charge in [0, 0.05) is 38.8 Å². The lowest BCUT2D eigenvalue weighted by molar-refractivity contribution is -0.0498. The van der Waals surface area contributed by atoms with Gasteiger partial charge in [-0.15, -0.1) is 24.0 Å². The maximum atomic E-state index is 12.4. The van der Waals surface area contributed by atoms with Crippen molar-refractivity contribution in [1.29, 1.82) is 0 Å². The van der Waals surface area contributed by atoms with E-state index in [1.54, 1.807) is 19.2 Å². The van der Waals surface area contributed by atoms with Crippen molar-refractivity contribution in [3.8, 4) is 5.75 Å². The summed E-state index contributed by atoms with van der Waals surface area (Å²) in [4.78, 5) is 6.92. The van der Waals surface area contributed by atoms with Crippen molar-refractivity contribution >= 4 is 29.9 Å². The SMILES string of the molecule is CN=C(NCc1cccc(OC(F)F)c1)NCC1(N2CCOCC2)CCCCC1.I. The van der Waals surface area contributed by atoms with Gasteiger partial charge in [-0.3, -0.25) is 9.89 Å². The Bertz CT molecular complexity index is 666. The van der Waals surface area contributed by atoms with Crippen LogP contribution in [-0.4, -0.2) is 62.9 Å². The normalized spacial score (nSPS) is 19.8. The highest BCUT2D eigenvalue weighted by Crippen LogP contribution is 2.33. The third-order valence-corrected chi connectivity index (χ3v) is 5.86. The van der Waals surface area contributed by atoms with E-state index in [0.717, 1.165) is 38.4 Å². The molecular formula is C21H33F2IN4O2. The molecule has 1 heterocycles. The fourth-order valence-corrected chi connectivity index (χ4v) is 4.34. The topological polar surface area (TPSA) is 58.1 Å². The van der Waals surface area contributed by atoms with Gasteiger partial charge in [-0.25, -0.2) is 0 Å². The van der Waals surface area contributed by atoms with Crippen LogP contribution in [-0.2, 0) is 11.3 Å². The molecule has 0 radical (unpaired) electrons. The van der Waals surface area contributed by atoms with Crippen LogP contribution in [0, 0.1) is 0 Å². The van der Waals surface area contributed by atoms with Crippen molar-refractivity contribution < 1.29 is 18.3 Å². The zero-order valence-corrected chi connectivity index (χ0v) is 19.9. The van der Waals surface area contributed by atoms with Crippen LogP contribution in [0.4, 0.5) is 8.78 Å². The van der Waals surface area contributed by atoms with E-state index in [2.05, 4.69) is 25.3 Å². The number of aliphatic imine (C=N–C) groups is 1. The number of benzene rings is 1. The number of halogens is 3. The maximum absolute atomic E-state index is 12.4. The van der Waals surface area contributed by atoms with Crippen LogP contribution in [0.2, 0.25) is 0 Å². The van der Waals surface area contributed by atoms with Gasteiger partial charge < -0.3 is 20.1 Å². The van der Waals surface area contributed by atoms with Crippen molar-refractivity contribution in [2.45, 2.75) is 50.8 Å². The molecule has 1 aliphatic heterocycles. The van der Waals surface area contributed by atoms with Gasteiger partial charge in [0.15, 0.2) is 5.96 Å². The van der Waals surface area contributed by atoms with E-state index in [-0.39, 0.29) is 35.3 Å². The number of morpholine rings is 1. The number of hydrogen-bond donors (Lipinski definition) is 2. The molecule has 6 nitrogen and oxygen atoms in total. The molecule has 2 N–H and O–H groups in total. The van der Waals surface area contributed by atoms with Crippen molar-refractivity contribution in [2.75, 3.05) is 39.9 Å². The van der Waals surface area contributed by atoms with Crippen molar-refractivity contribution in [3.63, 3.8) is 0 Å². The molecule has 2 aliphatic rings. The molecule has 0 bridgehead atoms. The molecular weight excluding hydrogens is 505 g/mol. The summed E-state index contributed by atoms with van der Waals surface area (Å²) in [7, 11) is 1.74. The quantitative estimate of drug-likeness (QED) is 0.316. The summed E-state index contributed by atoms with van der Waals surface area (Å²) in [5, 5.41) is 6.78. The second-order valence-electron chi connectivity index (χ2n) is 7.69. The van der Waals surface area contributed by atoms with Crippen LogP contribution < -0.4 is 15.4 Å². The minimum Gasteiger partial charge on any atom is -0.435 e. The first-order valence-corrected chi connectivity index (χ1v) is 10.4. The van der Waals surface area contributed by atoms with Gasteiger partial charge in [-0.2, -0.15) is 8.78 Å². The first-order chi connectivity index (χ1) is 14.1. The van der Waals surface area contributed by atoms with Gasteiger partial charge in [0.05, 0.1) is 13.2 Å². The van der Waals surface area contributed by atoms with Gasteiger partial charge in [-0.1, -0.05) is 31.4 Å². The zero-order chi connectivity index (χ0) is 20.5. The molecule has 9 heteroatoms. The van der Waals surface area contributed by atoms with Crippen LogP contribution >= 0.6 is 24.0 Å². The Morgan fingerprint density at radius 2 is 1.93 bits per heavy atom. The number of nitrogens with one attached hydrogen (secondary N) is 2. The maximum Gasteiger partial charge on any atom is 0.387 e. The van der Waals surface area contributed by atoms with Crippen LogP contribution in [0.15, 0.2) is 29.3 Å².